The van der Waals surface area contributed by atoms with E-state index in [9.17, 15) is 9.59 Å². The van der Waals surface area contributed by atoms with Crippen LogP contribution in [0, 0.1) is 0 Å². The van der Waals surface area contributed by atoms with Crippen molar-refractivity contribution in [1.29, 1.82) is 0 Å². The summed E-state index contributed by atoms with van der Waals surface area (Å²) in [6, 6.07) is 18.1. The van der Waals surface area contributed by atoms with Gasteiger partial charge in [-0.15, -0.1) is 0 Å². The van der Waals surface area contributed by atoms with Crippen molar-refractivity contribution in [3.05, 3.63) is 87.3 Å². The smallest absolute Gasteiger partial charge is 0.262 e. The lowest BCUT2D eigenvalue weighted by atomic mass is 10.1. The van der Waals surface area contributed by atoms with Gasteiger partial charge in [-0.1, -0.05) is 47.6 Å². The third kappa shape index (κ3) is 4.17. The fourth-order valence-electron chi connectivity index (χ4n) is 3.37. The summed E-state index contributed by atoms with van der Waals surface area (Å²) in [5.41, 5.74) is 2.74. The fourth-order valence-corrected chi connectivity index (χ4v) is 4.48. The third-order valence-corrected chi connectivity index (χ3v) is 6.46. The van der Waals surface area contributed by atoms with E-state index in [4.69, 9.17) is 21.1 Å². The van der Waals surface area contributed by atoms with Crippen molar-refractivity contribution in [3.8, 4) is 11.5 Å². The summed E-state index contributed by atoms with van der Waals surface area (Å²) >= 11 is 7.55. The molecular weight excluding hydrogens is 448 g/mol. The quantitative estimate of drug-likeness (QED) is 0.526. The number of nitrogens with one attached hydrogen (secondary N) is 2. The Kier molecular flexibility index (Phi) is 5.51. The molecule has 2 amide bonds. The average molecular weight is 465 g/mol. The number of rotatable bonds is 4. The molecule has 0 fully saturated rings. The Morgan fingerprint density at radius 1 is 1.09 bits per heavy atom. The molecule has 8 heteroatoms. The van der Waals surface area contributed by atoms with Crippen LogP contribution in [0.25, 0.3) is 6.08 Å². The standard InChI is InChI=1S/C24H17ClN2O4S/c25-17-4-2-1-3-15(17)11-22-24(29)27-18-10-16(6-8-21(18)32-22)23(28)26-12-14-5-7-19-20(9-14)31-13-30-19/h1-11H,12-13H2,(H,26,28)(H,27,29). The summed E-state index contributed by atoms with van der Waals surface area (Å²) in [7, 11) is 0. The van der Waals surface area contributed by atoms with Gasteiger partial charge in [0.05, 0.1) is 10.6 Å². The van der Waals surface area contributed by atoms with Crippen LogP contribution in [0.5, 0.6) is 11.5 Å². The fraction of sp³-hybridized carbons (Fsp3) is 0.0833. The zero-order valence-corrected chi connectivity index (χ0v) is 18.3. The van der Waals surface area contributed by atoms with E-state index in [1.807, 2.05) is 42.5 Å². The molecule has 6 nitrogen and oxygen atoms in total. The Labute approximate surface area is 193 Å². The van der Waals surface area contributed by atoms with Crippen molar-refractivity contribution < 1.29 is 19.1 Å². The molecule has 32 heavy (non-hydrogen) atoms. The van der Waals surface area contributed by atoms with Crippen molar-refractivity contribution >= 4 is 46.9 Å². The van der Waals surface area contributed by atoms with Gasteiger partial charge in [-0.25, -0.2) is 0 Å². The topological polar surface area (TPSA) is 76.7 Å². The van der Waals surface area contributed by atoms with Crippen molar-refractivity contribution in [3.63, 3.8) is 0 Å². The largest absolute Gasteiger partial charge is 0.454 e. The molecule has 5 rings (SSSR count). The van der Waals surface area contributed by atoms with E-state index >= 15 is 0 Å². The Morgan fingerprint density at radius 2 is 1.94 bits per heavy atom. The maximum absolute atomic E-state index is 12.6. The second kappa shape index (κ2) is 8.61. The van der Waals surface area contributed by atoms with E-state index in [2.05, 4.69) is 10.6 Å². The van der Waals surface area contributed by atoms with Gasteiger partial charge < -0.3 is 20.1 Å². The zero-order valence-electron chi connectivity index (χ0n) is 16.7. The van der Waals surface area contributed by atoms with Crippen LogP contribution in [0.3, 0.4) is 0 Å². The molecule has 3 aromatic carbocycles. The first-order chi connectivity index (χ1) is 15.6. The number of ether oxygens (including phenoxy) is 2. The third-order valence-electron chi connectivity index (χ3n) is 5.02. The number of benzene rings is 3. The number of thioether (sulfide) groups is 1. The van der Waals surface area contributed by atoms with Crippen LogP contribution in [0.15, 0.2) is 70.5 Å². The van der Waals surface area contributed by atoms with Crippen molar-refractivity contribution in [1.82, 2.24) is 5.32 Å². The highest BCUT2D eigenvalue weighted by Gasteiger charge is 2.22. The lowest BCUT2D eigenvalue weighted by molar-refractivity contribution is -0.112. The number of carbonyl (C=O) groups is 2. The van der Waals surface area contributed by atoms with Crippen LogP contribution in [0.2, 0.25) is 5.02 Å². The van der Waals surface area contributed by atoms with Crippen LogP contribution in [0.1, 0.15) is 21.5 Å². The molecule has 0 aliphatic carbocycles. The Bertz CT molecular complexity index is 1270. The number of halogens is 1. The number of carbonyl (C=O) groups excluding carboxylic acids is 2. The minimum atomic E-state index is -0.236. The maximum atomic E-state index is 12.6. The van der Waals surface area contributed by atoms with E-state index < -0.39 is 0 Å². The molecule has 0 bridgehead atoms. The average Bonchev–Trinajstić information content (AvgIpc) is 3.27. The Hall–Kier alpha value is -3.42. The van der Waals surface area contributed by atoms with Gasteiger partial charge in [0.15, 0.2) is 11.5 Å². The molecule has 3 aromatic rings. The summed E-state index contributed by atoms with van der Waals surface area (Å²) in [4.78, 5) is 26.6. The second-order valence-electron chi connectivity index (χ2n) is 7.17. The van der Waals surface area contributed by atoms with Crippen molar-refractivity contribution in [2.45, 2.75) is 11.4 Å². The van der Waals surface area contributed by atoms with Gasteiger partial charge in [-0.2, -0.15) is 0 Å². The molecule has 2 heterocycles. The first kappa shape index (κ1) is 20.5. The van der Waals surface area contributed by atoms with Crippen LogP contribution < -0.4 is 20.1 Å². The van der Waals surface area contributed by atoms with Gasteiger partial charge in [0.1, 0.15) is 0 Å². The first-order valence-electron chi connectivity index (χ1n) is 9.83. The van der Waals surface area contributed by atoms with Crippen molar-refractivity contribution in [2.24, 2.45) is 0 Å². The molecule has 0 spiro atoms. The van der Waals surface area contributed by atoms with Gasteiger partial charge in [-0.3, -0.25) is 9.59 Å². The molecule has 0 atom stereocenters. The van der Waals surface area contributed by atoms with E-state index in [0.29, 0.717) is 39.2 Å². The second-order valence-corrected chi connectivity index (χ2v) is 8.66. The highest BCUT2D eigenvalue weighted by Crippen LogP contribution is 2.40. The zero-order chi connectivity index (χ0) is 22.1. The van der Waals surface area contributed by atoms with Gasteiger partial charge in [0.25, 0.3) is 11.8 Å². The molecule has 0 unspecified atom stereocenters. The molecule has 2 N–H and O–H groups in total. The molecular formula is C24H17ClN2O4S. The lowest BCUT2D eigenvalue weighted by Crippen LogP contribution is -2.23. The molecule has 2 aliphatic rings. The van der Waals surface area contributed by atoms with E-state index in [1.54, 1.807) is 24.3 Å². The van der Waals surface area contributed by atoms with Crippen LogP contribution in [0.4, 0.5) is 5.69 Å². The summed E-state index contributed by atoms with van der Waals surface area (Å²) in [5.74, 6) is 0.902. The molecule has 0 saturated heterocycles. The first-order valence-corrected chi connectivity index (χ1v) is 11.0. The maximum Gasteiger partial charge on any atom is 0.262 e. The molecule has 2 aliphatic heterocycles. The number of hydrogen-bond acceptors (Lipinski definition) is 5. The SMILES string of the molecule is O=C1Nc2cc(C(=O)NCc3ccc4c(c3)OCO4)ccc2SC1=Cc1ccccc1Cl. The number of anilines is 1. The van der Waals surface area contributed by atoms with E-state index in [1.165, 1.54) is 11.8 Å². The Morgan fingerprint density at radius 3 is 2.81 bits per heavy atom. The Balaban J connectivity index is 1.29. The van der Waals surface area contributed by atoms with Crippen LogP contribution >= 0.6 is 23.4 Å². The monoisotopic (exact) mass is 464 g/mol. The lowest BCUT2D eigenvalue weighted by Gasteiger charge is -2.19. The molecule has 0 saturated carbocycles. The molecule has 160 valence electrons. The number of amides is 2. The highest BCUT2D eigenvalue weighted by molar-refractivity contribution is 8.04. The van der Waals surface area contributed by atoms with Gasteiger partial charge in [-0.05, 0) is 53.6 Å². The van der Waals surface area contributed by atoms with Gasteiger partial charge >= 0.3 is 0 Å². The van der Waals surface area contributed by atoms with Gasteiger partial charge in [0, 0.05) is 22.0 Å². The minimum Gasteiger partial charge on any atom is -0.454 e. The normalized spacial score (nSPS) is 15.3. The van der Waals surface area contributed by atoms with Crippen molar-refractivity contribution in [2.75, 3.05) is 12.1 Å². The summed E-state index contributed by atoms with van der Waals surface area (Å²) < 4.78 is 10.7. The predicted octanol–water partition coefficient (Wildman–Crippen LogP) is 5.08. The van der Waals surface area contributed by atoms with E-state index in [-0.39, 0.29) is 18.6 Å². The van der Waals surface area contributed by atoms with Crippen LogP contribution in [-0.4, -0.2) is 18.6 Å². The highest BCUT2D eigenvalue weighted by atomic mass is 35.5. The number of fused-ring (bicyclic) bond motifs is 2. The van der Waals surface area contributed by atoms with Crippen LogP contribution in [-0.2, 0) is 11.3 Å². The predicted molar refractivity (Wildman–Crippen MR) is 124 cm³/mol. The summed E-state index contributed by atoms with van der Waals surface area (Å²) in [6.07, 6.45) is 1.76. The number of hydrogen-bond donors (Lipinski definition) is 2. The molecule has 0 radical (unpaired) electrons. The minimum absolute atomic E-state index is 0.208. The summed E-state index contributed by atoms with van der Waals surface area (Å²) in [6.45, 7) is 0.553. The van der Waals surface area contributed by atoms with E-state index in [0.717, 1.165) is 16.0 Å². The summed E-state index contributed by atoms with van der Waals surface area (Å²) in [5, 5.41) is 6.33. The molecule has 0 aromatic heterocycles. The van der Waals surface area contributed by atoms with Gasteiger partial charge in [0.2, 0.25) is 6.79 Å².